The molecule has 130 valence electrons. The van der Waals surface area contributed by atoms with E-state index in [0.29, 0.717) is 6.04 Å². The van der Waals surface area contributed by atoms with E-state index in [-0.39, 0.29) is 24.0 Å². The summed E-state index contributed by atoms with van der Waals surface area (Å²) in [5.74, 6) is 0.934. The van der Waals surface area contributed by atoms with Gasteiger partial charge in [-0.25, -0.2) is 4.98 Å². The molecule has 3 rings (SSSR count). The summed E-state index contributed by atoms with van der Waals surface area (Å²) >= 11 is 1.71. The summed E-state index contributed by atoms with van der Waals surface area (Å²) in [6.07, 6.45) is 3.40. The molecule has 2 aromatic rings. The molecule has 24 heavy (non-hydrogen) atoms. The second-order valence-corrected chi connectivity index (χ2v) is 6.80. The number of guanidine groups is 1. The lowest BCUT2D eigenvalue weighted by Gasteiger charge is -2.09. The van der Waals surface area contributed by atoms with Crippen LogP contribution in [0.4, 0.5) is 0 Å². The first-order valence-electron chi connectivity index (χ1n) is 8.31. The number of nitrogens with zero attached hydrogens (tertiary/aromatic N) is 2. The quantitative estimate of drug-likeness (QED) is 0.393. The highest BCUT2D eigenvalue weighted by Crippen LogP contribution is 2.24. The van der Waals surface area contributed by atoms with Crippen LogP contribution in [0.15, 0.2) is 34.6 Å². The normalized spacial score (nSPS) is 14.2. The Kier molecular flexibility index (Phi) is 7.48. The molecule has 0 bridgehead atoms. The second-order valence-electron chi connectivity index (χ2n) is 5.94. The van der Waals surface area contributed by atoms with Crippen molar-refractivity contribution >= 4 is 41.3 Å². The highest BCUT2D eigenvalue weighted by molar-refractivity contribution is 14.0. The number of aromatic nitrogens is 1. The van der Waals surface area contributed by atoms with Gasteiger partial charge in [0.25, 0.3) is 0 Å². The molecule has 6 heteroatoms. The Hall–Kier alpha value is -1.15. The van der Waals surface area contributed by atoms with E-state index in [9.17, 15) is 0 Å². The van der Waals surface area contributed by atoms with E-state index >= 15 is 0 Å². The van der Waals surface area contributed by atoms with Crippen molar-refractivity contribution in [3.63, 3.8) is 0 Å². The number of aryl methyl sites for hydroxylation is 1. The molecule has 1 aliphatic carbocycles. The molecule has 4 nitrogen and oxygen atoms in total. The number of halogens is 1. The standard InChI is InChI=1S/C18H24N4S.HI/c1-3-19-18(22-15-8-9-15)20-11-10-16-12-23-17(21-16)14-6-4-13(2)5-7-14;/h4-7,12,15H,3,8-11H2,1-2H3,(H2,19,20,22);1H. The van der Waals surface area contributed by atoms with Crippen LogP contribution < -0.4 is 10.6 Å². The molecule has 1 aromatic carbocycles. The molecule has 1 aliphatic rings. The molecule has 1 fully saturated rings. The summed E-state index contributed by atoms with van der Waals surface area (Å²) in [6, 6.07) is 9.16. The van der Waals surface area contributed by atoms with Gasteiger partial charge in [0.1, 0.15) is 5.01 Å². The first kappa shape index (κ1) is 19.2. The Morgan fingerprint density at radius 1 is 1.29 bits per heavy atom. The van der Waals surface area contributed by atoms with Crippen LogP contribution in [0, 0.1) is 6.92 Å². The topological polar surface area (TPSA) is 49.3 Å². The largest absolute Gasteiger partial charge is 0.357 e. The Labute approximate surface area is 165 Å². The number of hydrogen-bond acceptors (Lipinski definition) is 3. The molecule has 1 aromatic heterocycles. The maximum absolute atomic E-state index is 4.73. The Morgan fingerprint density at radius 3 is 2.71 bits per heavy atom. The van der Waals surface area contributed by atoms with Crippen molar-refractivity contribution in [2.24, 2.45) is 4.99 Å². The molecule has 0 unspecified atom stereocenters. The van der Waals surface area contributed by atoms with Crippen molar-refractivity contribution in [2.75, 3.05) is 13.1 Å². The maximum atomic E-state index is 4.73. The third-order valence-electron chi connectivity index (χ3n) is 3.75. The van der Waals surface area contributed by atoms with Gasteiger partial charge in [0.2, 0.25) is 0 Å². The van der Waals surface area contributed by atoms with Crippen LogP contribution in [0.3, 0.4) is 0 Å². The molecule has 1 heterocycles. The van der Waals surface area contributed by atoms with E-state index in [4.69, 9.17) is 4.98 Å². The van der Waals surface area contributed by atoms with Crippen molar-refractivity contribution in [1.29, 1.82) is 0 Å². The number of nitrogens with one attached hydrogen (secondary N) is 2. The van der Waals surface area contributed by atoms with E-state index in [0.717, 1.165) is 36.2 Å². The highest BCUT2D eigenvalue weighted by atomic mass is 127. The van der Waals surface area contributed by atoms with E-state index in [1.54, 1.807) is 11.3 Å². The molecule has 1 saturated carbocycles. The lowest BCUT2D eigenvalue weighted by molar-refractivity contribution is 0.806. The van der Waals surface area contributed by atoms with Crippen LogP contribution >= 0.6 is 35.3 Å². The fraction of sp³-hybridized carbons (Fsp3) is 0.444. The van der Waals surface area contributed by atoms with Gasteiger partial charge in [0, 0.05) is 36.5 Å². The van der Waals surface area contributed by atoms with Crippen LogP contribution in [0.25, 0.3) is 10.6 Å². The zero-order chi connectivity index (χ0) is 16.1. The number of hydrogen-bond donors (Lipinski definition) is 2. The van der Waals surface area contributed by atoms with Gasteiger partial charge in [0.15, 0.2) is 5.96 Å². The van der Waals surface area contributed by atoms with Gasteiger partial charge in [-0.15, -0.1) is 35.3 Å². The van der Waals surface area contributed by atoms with Crippen LogP contribution in [-0.2, 0) is 6.42 Å². The minimum Gasteiger partial charge on any atom is -0.357 e. The third kappa shape index (κ3) is 5.73. The monoisotopic (exact) mass is 456 g/mol. The van der Waals surface area contributed by atoms with Crippen LogP contribution in [-0.4, -0.2) is 30.1 Å². The van der Waals surface area contributed by atoms with Gasteiger partial charge in [-0.1, -0.05) is 29.8 Å². The average molecular weight is 456 g/mol. The molecule has 0 amide bonds. The van der Waals surface area contributed by atoms with E-state index in [1.807, 2.05) is 0 Å². The van der Waals surface area contributed by atoms with Gasteiger partial charge in [-0.3, -0.25) is 4.99 Å². The van der Waals surface area contributed by atoms with Gasteiger partial charge >= 0.3 is 0 Å². The van der Waals surface area contributed by atoms with Crippen molar-refractivity contribution in [3.8, 4) is 10.6 Å². The Balaban J connectivity index is 0.00000208. The summed E-state index contributed by atoms with van der Waals surface area (Å²) in [4.78, 5) is 9.38. The lowest BCUT2D eigenvalue weighted by atomic mass is 10.2. The molecule has 0 spiro atoms. The summed E-state index contributed by atoms with van der Waals surface area (Å²) in [7, 11) is 0. The van der Waals surface area contributed by atoms with Crippen molar-refractivity contribution < 1.29 is 0 Å². The zero-order valence-electron chi connectivity index (χ0n) is 14.2. The second kappa shape index (κ2) is 9.36. The minimum absolute atomic E-state index is 0. The molecular weight excluding hydrogens is 431 g/mol. The number of benzene rings is 1. The molecule has 0 saturated heterocycles. The maximum Gasteiger partial charge on any atom is 0.191 e. The molecule has 0 radical (unpaired) electrons. The molecule has 0 aliphatic heterocycles. The summed E-state index contributed by atoms with van der Waals surface area (Å²) in [5.41, 5.74) is 3.59. The van der Waals surface area contributed by atoms with Gasteiger partial charge in [-0.2, -0.15) is 0 Å². The SMILES string of the molecule is CCNC(=NCCc1csc(-c2ccc(C)cc2)n1)NC1CC1.I. The van der Waals surface area contributed by atoms with Gasteiger partial charge in [0.05, 0.1) is 5.69 Å². The van der Waals surface area contributed by atoms with Gasteiger partial charge in [-0.05, 0) is 26.7 Å². The Bertz CT molecular complexity index is 662. The van der Waals surface area contributed by atoms with Crippen molar-refractivity contribution in [1.82, 2.24) is 15.6 Å². The average Bonchev–Trinajstić information content (AvgIpc) is 3.24. The molecular formula is C18H25IN4S. The van der Waals surface area contributed by atoms with Crippen molar-refractivity contribution in [2.45, 2.75) is 39.2 Å². The predicted molar refractivity (Wildman–Crippen MR) is 114 cm³/mol. The summed E-state index contributed by atoms with van der Waals surface area (Å²) in [5, 5.41) is 9.97. The smallest absolute Gasteiger partial charge is 0.191 e. The fourth-order valence-electron chi connectivity index (χ4n) is 2.27. The first-order chi connectivity index (χ1) is 11.2. The van der Waals surface area contributed by atoms with Crippen LogP contribution in [0.2, 0.25) is 0 Å². The number of aliphatic imine (C=N–C) groups is 1. The highest BCUT2D eigenvalue weighted by Gasteiger charge is 2.21. The van der Waals surface area contributed by atoms with Crippen LogP contribution in [0.5, 0.6) is 0 Å². The molecule has 2 N–H and O–H groups in total. The van der Waals surface area contributed by atoms with Crippen LogP contribution in [0.1, 0.15) is 31.0 Å². The molecule has 0 atom stereocenters. The zero-order valence-corrected chi connectivity index (χ0v) is 17.4. The van der Waals surface area contributed by atoms with Crippen molar-refractivity contribution in [3.05, 3.63) is 40.9 Å². The summed E-state index contributed by atoms with van der Waals surface area (Å²) in [6.45, 7) is 5.86. The van der Waals surface area contributed by atoms with E-state index in [2.05, 4.69) is 59.1 Å². The van der Waals surface area contributed by atoms with E-state index in [1.165, 1.54) is 24.0 Å². The lowest BCUT2D eigenvalue weighted by Crippen LogP contribution is -2.38. The number of rotatable bonds is 6. The minimum atomic E-state index is 0. The van der Waals surface area contributed by atoms with E-state index < -0.39 is 0 Å². The third-order valence-corrected chi connectivity index (χ3v) is 4.69. The van der Waals surface area contributed by atoms with Gasteiger partial charge < -0.3 is 10.6 Å². The number of thiazole rings is 1. The summed E-state index contributed by atoms with van der Waals surface area (Å²) < 4.78 is 0. The Morgan fingerprint density at radius 2 is 2.04 bits per heavy atom. The first-order valence-corrected chi connectivity index (χ1v) is 9.19. The predicted octanol–water partition coefficient (Wildman–Crippen LogP) is 4.00. The fourth-order valence-corrected chi connectivity index (χ4v) is 3.13.